The first-order chi connectivity index (χ1) is 13.0. The van der Waals surface area contributed by atoms with Gasteiger partial charge in [0.1, 0.15) is 24.2 Å². The molecule has 1 saturated heterocycles. The minimum Gasteiger partial charge on any atom is -0.486 e. The quantitative estimate of drug-likeness (QED) is 0.847. The molecule has 0 unspecified atom stereocenters. The van der Waals surface area contributed by atoms with Gasteiger partial charge in [0, 0.05) is 13.1 Å². The Labute approximate surface area is 159 Å². The summed E-state index contributed by atoms with van der Waals surface area (Å²) in [4.78, 5) is 26.6. The van der Waals surface area contributed by atoms with Crippen molar-refractivity contribution in [3.63, 3.8) is 0 Å². The Balaban J connectivity index is 1.52. The van der Waals surface area contributed by atoms with Crippen LogP contribution in [0.5, 0.6) is 5.75 Å². The number of nitrogens with one attached hydrogen (secondary N) is 1. The van der Waals surface area contributed by atoms with Crippen molar-refractivity contribution < 1.29 is 18.7 Å². The summed E-state index contributed by atoms with van der Waals surface area (Å²) < 4.78 is 11.2. The fraction of sp³-hybridized carbons (Fsp3) is 0.429. The molecular weight excluding hydrogens is 344 g/mol. The van der Waals surface area contributed by atoms with E-state index >= 15 is 0 Å². The second-order valence-corrected chi connectivity index (χ2v) is 6.95. The molecule has 0 spiro atoms. The van der Waals surface area contributed by atoms with Crippen LogP contribution in [-0.4, -0.2) is 35.8 Å². The van der Waals surface area contributed by atoms with Crippen molar-refractivity contribution in [2.75, 3.05) is 13.1 Å². The van der Waals surface area contributed by atoms with Crippen LogP contribution in [0.25, 0.3) is 0 Å². The standard InChI is InChI=1S/C21H26N2O4/c1-15-7-6-8-17(13-15)26-14-18-9-10-19(27-18)20(24)22-16(2)21(25)23-11-4-3-5-12-23/h6-10,13,16H,3-5,11-12,14H2,1-2H3,(H,22,24)/t16-/m0/s1. The zero-order valence-corrected chi connectivity index (χ0v) is 15.9. The third-order valence-corrected chi connectivity index (χ3v) is 4.64. The highest BCUT2D eigenvalue weighted by Crippen LogP contribution is 2.16. The van der Waals surface area contributed by atoms with Crippen molar-refractivity contribution in [3.05, 3.63) is 53.5 Å². The fourth-order valence-corrected chi connectivity index (χ4v) is 3.15. The number of hydrogen-bond acceptors (Lipinski definition) is 4. The van der Waals surface area contributed by atoms with Gasteiger partial charge in [-0.2, -0.15) is 0 Å². The lowest BCUT2D eigenvalue weighted by Crippen LogP contribution is -2.48. The molecular formula is C21H26N2O4. The minimum absolute atomic E-state index is 0.0439. The van der Waals surface area contributed by atoms with Crippen molar-refractivity contribution >= 4 is 11.8 Å². The van der Waals surface area contributed by atoms with Crippen LogP contribution in [0.15, 0.2) is 40.8 Å². The molecule has 2 aromatic rings. The number of carbonyl (C=O) groups excluding carboxylic acids is 2. The molecule has 0 radical (unpaired) electrons. The highest BCUT2D eigenvalue weighted by molar-refractivity contribution is 5.95. The number of ether oxygens (including phenoxy) is 1. The summed E-state index contributed by atoms with van der Waals surface area (Å²) in [6, 6.07) is 10.5. The Morgan fingerprint density at radius 1 is 1.19 bits per heavy atom. The maximum atomic E-state index is 12.4. The van der Waals surface area contributed by atoms with Crippen LogP contribution in [-0.2, 0) is 11.4 Å². The van der Waals surface area contributed by atoms with Crippen molar-refractivity contribution in [2.45, 2.75) is 45.8 Å². The molecule has 1 aromatic carbocycles. The molecule has 0 bridgehead atoms. The third-order valence-electron chi connectivity index (χ3n) is 4.64. The number of likely N-dealkylation sites (tertiary alicyclic amines) is 1. The van der Waals surface area contributed by atoms with Crippen LogP contribution in [0.3, 0.4) is 0 Å². The summed E-state index contributed by atoms with van der Waals surface area (Å²) >= 11 is 0. The summed E-state index contributed by atoms with van der Waals surface area (Å²) in [6.45, 7) is 5.47. The van der Waals surface area contributed by atoms with E-state index in [0.29, 0.717) is 5.76 Å². The van der Waals surface area contributed by atoms with Crippen molar-refractivity contribution in [2.24, 2.45) is 0 Å². The van der Waals surface area contributed by atoms with Crippen LogP contribution in [0.1, 0.15) is 48.1 Å². The molecule has 6 heteroatoms. The summed E-state index contributed by atoms with van der Waals surface area (Å²) in [7, 11) is 0. The summed E-state index contributed by atoms with van der Waals surface area (Å²) in [6.07, 6.45) is 3.20. The molecule has 1 aliphatic heterocycles. The van der Waals surface area contributed by atoms with Gasteiger partial charge >= 0.3 is 0 Å². The van der Waals surface area contributed by atoms with Crippen LogP contribution in [0.4, 0.5) is 0 Å². The largest absolute Gasteiger partial charge is 0.486 e. The van der Waals surface area contributed by atoms with Gasteiger partial charge in [-0.3, -0.25) is 9.59 Å². The van der Waals surface area contributed by atoms with Gasteiger partial charge in [-0.25, -0.2) is 0 Å². The van der Waals surface area contributed by atoms with E-state index in [-0.39, 0.29) is 18.3 Å². The number of hydrogen-bond donors (Lipinski definition) is 1. The second kappa shape index (κ2) is 8.75. The highest BCUT2D eigenvalue weighted by Gasteiger charge is 2.24. The molecule has 6 nitrogen and oxygen atoms in total. The Bertz CT molecular complexity index is 793. The zero-order valence-electron chi connectivity index (χ0n) is 15.9. The van der Waals surface area contributed by atoms with E-state index < -0.39 is 11.9 Å². The molecule has 1 atom stereocenters. The summed E-state index contributed by atoms with van der Waals surface area (Å²) in [5.41, 5.74) is 1.11. The number of piperidine rings is 1. The Hall–Kier alpha value is -2.76. The number of benzene rings is 1. The van der Waals surface area contributed by atoms with E-state index in [9.17, 15) is 9.59 Å². The SMILES string of the molecule is Cc1cccc(OCc2ccc(C(=O)N[C@@H](C)C(=O)N3CCCCC3)o2)c1. The Morgan fingerprint density at radius 3 is 2.70 bits per heavy atom. The predicted molar refractivity (Wildman–Crippen MR) is 102 cm³/mol. The van der Waals surface area contributed by atoms with Gasteiger partial charge in [-0.05, 0) is 62.9 Å². The van der Waals surface area contributed by atoms with Crippen molar-refractivity contribution in [1.82, 2.24) is 10.2 Å². The molecule has 0 saturated carbocycles. The van der Waals surface area contributed by atoms with Crippen molar-refractivity contribution in [1.29, 1.82) is 0 Å². The van der Waals surface area contributed by atoms with Gasteiger partial charge < -0.3 is 19.4 Å². The molecule has 1 aliphatic rings. The molecule has 27 heavy (non-hydrogen) atoms. The number of rotatable bonds is 6. The summed E-state index contributed by atoms with van der Waals surface area (Å²) in [5, 5.41) is 2.72. The van der Waals surface area contributed by atoms with E-state index in [0.717, 1.165) is 43.7 Å². The minimum atomic E-state index is -0.576. The zero-order chi connectivity index (χ0) is 19.2. The van der Waals surface area contributed by atoms with Gasteiger partial charge in [0.05, 0.1) is 0 Å². The molecule has 1 fully saturated rings. The van der Waals surface area contributed by atoms with E-state index in [4.69, 9.17) is 9.15 Å². The number of aryl methyl sites for hydroxylation is 1. The van der Waals surface area contributed by atoms with Crippen LogP contribution >= 0.6 is 0 Å². The third kappa shape index (κ3) is 5.12. The van der Waals surface area contributed by atoms with Crippen LogP contribution in [0, 0.1) is 6.92 Å². The van der Waals surface area contributed by atoms with Gasteiger partial charge in [-0.1, -0.05) is 12.1 Å². The second-order valence-electron chi connectivity index (χ2n) is 6.95. The first kappa shape index (κ1) is 19.0. The lowest BCUT2D eigenvalue weighted by molar-refractivity contribution is -0.133. The van der Waals surface area contributed by atoms with Crippen LogP contribution in [0.2, 0.25) is 0 Å². The average molecular weight is 370 g/mol. The summed E-state index contributed by atoms with van der Waals surface area (Å²) in [5.74, 6) is 1.04. The first-order valence-corrected chi connectivity index (χ1v) is 9.41. The molecule has 1 N–H and O–H groups in total. The van der Waals surface area contributed by atoms with Gasteiger partial charge in [0.25, 0.3) is 5.91 Å². The van der Waals surface area contributed by atoms with E-state index in [1.54, 1.807) is 19.1 Å². The maximum absolute atomic E-state index is 12.4. The lowest BCUT2D eigenvalue weighted by atomic mass is 10.1. The topological polar surface area (TPSA) is 71.8 Å². The molecule has 3 rings (SSSR count). The maximum Gasteiger partial charge on any atom is 0.287 e. The van der Waals surface area contributed by atoms with E-state index in [1.807, 2.05) is 36.1 Å². The highest BCUT2D eigenvalue weighted by atomic mass is 16.5. The number of amides is 2. The number of carbonyl (C=O) groups is 2. The predicted octanol–water partition coefficient (Wildman–Crippen LogP) is 3.30. The molecule has 144 valence electrons. The normalized spacial score (nSPS) is 15.3. The molecule has 1 aromatic heterocycles. The fourth-order valence-electron chi connectivity index (χ4n) is 3.15. The Morgan fingerprint density at radius 2 is 1.96 bits per heavy atom. The molecule has 2 heterocycles. The van der Waals surface area contributed by atoms with Crippen LogP contribution < -0.4 is 10.1 Å². The lowest BCUT2D eigenvalue weighted by Gasteiger charge is -2.29. The first-order valence-electron chi connectivity index (χ1n) is 9.41. The van der Waals surface area contributed by atoms with Gasteiger partial charge in [0.15, 0.2) is 5.76 Å². The van der Waals surface area contributed by atoms with E-state index in [1.165, 1.54) is 0 Å². The van der Waals surface area contributed by atoms with E-state index in [2.05, 4.69) is 5.32 Å². The smallest absolute Gasteiger partial charge is 0.287 e. The monoisotopic (exact) mass is 370 g/mol. The van der Waals surface area contributed by atoms with Crippen molar-refractivity contribution in [3.8, 4) is 5.75 Å². The average Bonchev–Trinajstić information content (AvgIpc) is 3.16. The number of furan rings is 1. The Kier molecular flexibility index (Phi) is 6.16. The molecule has 2 amide bonds. The van der Waals surface area contributed by atoms with Gasteiger partial charge in [-0.15, -0.1) is 0 Å². The number of nitrogens with zero attached hydrogens (tertiary/aromatic N) is 1. The van der Waals surface area contributed by atoms with Gasteiger partial charge in [0.2, 0.25) is 5.91 Å². The molecule has 0 aliphatic carbocycles.